The Morgan fingerprint density at radius 1 is 1.04 bits per heavy atom. The molecule has 25 heteroatoms. The van der Waals surface area contributed by atoms with Crippen molar-refractivity contribution in [2.75, 3.05) is 42.8 Å². The number of aliphatic hydroxyl groups excluding tert-OH is 1. The Kier molecular flexibility index (Phi) is 10.6. The topological polar surface area (TPSA) is 281 Å². The number of H-pyrrole nitrogens is 2. The molecule has 0 amide bonds. The first-order valence-corrected chi connectivity index (χ1v) is 19.0. The maximum atomic E-state index is 10.8. The number of nitrogens with one attached hydrogen (secondary N) is 3. The average molecular weight is 745 g/mol. The van der Waals surface area contributed by atoms with Gasteiger partial charge in [0.05, 0.1) is 31.7 Å². The van der Waals surface area contributed by atoms with E-state index in [1.165, 1.54) is 13.4 Å². The van der Waals surface area contributed by atoms with Crippen molar-refractivity contribution in [2.24, 2.45) is 0 Å². The molecular formula is C20H30N10O9P2S4. The Morgan fingerprint density at radius 3 is 2.44 bits per heavy atom. The van der Waals surface area contributed by atoms with Crippen LogP contribution in [0.25, 0.3) is 11.2 Å². The number of nitrogens with two attached hydrogens (primary N) is 3. The van der Waals surface area contributed by atoms with E-state index in [0.29, 0.717) is 15.8 Å². The molecule has 7 unspecified atom stereocenters. The lowest BCUT2D eigenvalue weighted by Crippen LogP contribution is -2.30. The van der Waals surface area contributed by atoms with E-state index in [2.05, 4.69) is 42.0 Å². The summed E-state index contributed by atoms with van der Waals surface area (Å²) in [6.07, 6.45) is -3.17. The molecule has 3 aromatic heterocycles. The summed E-state index contributed by atoms with van der Waals surface area (Å²) >= 11 is 20.6. The Balaban J connectivity index is 1.26. The van der Waals surface area contributed by atoms with Crippen LogP contribution < -0.4 is 22.5 Å². The standard InChI is InChI=1S/C20H30N10O9P2S4/c1-34-41(45,36-4-9-7(31)2-12(38-9)30-6-24-14-16(30)27-20(23)29-18(14)43)39-8-3-11(37-10(8)5-35-40(32,33)44)25-15-13(21)17(42)28-19(22)26-15/h6-12,31H,2-5,21H2,1H3,(H2,32,33,44)(H3,23,27,29,43)(H4,22,25,26,28,42). The normalized spacial score (nSPS) is 26.8. The molecule has 2 aliphatic heterocycles. The summed E-state index contributed by atoms with van der Waals surface area (Å²) in [5.74, 6) is 0.291. The summed E-state index contributed by atoms with van der Waals surface area (Å²) < 4.78 is 36.6. The zero-order chi connectivity index (χ0) is 32.7. The van der Waals surface area contributed by atoms with Gasteiger partial charge in [-0.3, -0.25) is 4.57 Å². The number of nitrogen functional groups attached to an aromatic ring is 3. The summed E-state index contributed by atoms with van der Waals surface area (Å²) in [7, 11) is 1.31. The van der Waals surface area contributed by atoms with E-state index in [9.17, 15) is 14.9 Å². The van der Waals surface area contributed by atoms with Crippen LogP contribution in [0.5, 0.6) is 0 Å². The summed E-state index contributed by atoms with van der Waals surface area (Å²) in [6, 6.07) is 0. The van der Waals surface area contributed by atoms with Gasteiger partial charge in [0.15, 0.2) is 11.5 Å². The molecule has 45 heavy (non-hydrogen) atoms. The minimum Gasteiger partial charge on any atom is -0.393 e. The van der Waals surface area contributed by atoms with Crippen LogP contribution in [0.15, 0.2) is 6.33 Å². The molecule has 0 bridgehead atoms. The van der Waals surface area contributed by atoms with Gasteiger partial charge in [0, 0.05) is 20.0 Å². The molecule has 12 N–H and O–H groups in total. The van der Waals surface area contributed by atoms with E-state index in [1.807, 2.05) is 0 Å². The number of aromatic amines is 2. The molecule has 5 rings (SSSR count). The Hall–Kier alpha value is -1.79. The fourth-order valence-electron chi connectivity index (χ4n) is 4.65. The maximum Gasteiger partial charge on any atom is 0.327 e. The van der Waals surface area contributed by atoms with Crippen LogP contribution in [0.2, 0.25) is 0 Å². The number of rotatable bonds is 12. The fourth-order valence-corrected chi connectivity index (χ4v) is 7.27. The van der Waals surface area contributed by atoms with Gasteiger partial charge in [-0.05, 0) is 23.6 Å². The second-order valence-electron chi connectivity index (χ2n) is 9.82. The van der Waals surface area contributed by atoms with Crippen LogP contribution in [0, 0.1) is 9.28 Å². The molecule has 0 aromatic carbocycles. The lowest BCUT2D eigenvalue weighted by molar-refractivity contribution is -0.0459. The molecule has 2 aliphatic rings. The number of hydrogen-bond acceptors (Lipinski definition) is 18. The van der Waals surface area contributed by atoms with E-state index < -0.39 is 50.3 Å². The van der Waals surface area contributed by atoms with Gasteiger partial charge >= 0.3 is 13.4 Å². The van der Waals surface area contributed by atoms with Crippen molar-refractivity contribution < 1.29 is 42.5 Å². The predicted molar refractivity (Wildman–Crippen MR) is 174 cm³/mol. The Labute approximate surface area is 275 Å². The predicted octanol–water partition coefficient (Wildman–Crippen LogP) is 1.06. The Bertz CT molecular complexity index is 1770. The number of nitrogens with zero attached hydrogens (tertiary/aromatic N) is 4. The van der Waals surface area contributed by atoms with Gasteiger partial charge in [-0.2, -0.15) is 9.97 Å². The number of anilines is 4. The largest absolute Gasteiger partial charge is 0.393 e. The highest BCUT2D eigenvalue weighted by Gasteiger charge is 2.43. The molecule has 0 aliphatic carbocycles. The van der Waals surface area contributed by atoms with Gasteiger partial charge in [0.25, 0.3) is 0 Å². The van der Waals surface area contributed by atoms with E-state index in [-0.39, 0.29) is 54.1 Å². The molecule has 5 heterocycles. The van der Waals surface area contributed by atoms with Gasteiger partial charge in [0.1, 0.15) is 45.1 Å². The van der Waals surface area contributed by atoms with E-state index in [0.717, 1.165) is 0 Å². The van der Waals surface area contributed by atoms with Gasteiger partial charge in [0.2, 0.25) is 11.9 Å². The van der Waals surface area contributed by atoms with Crippen molar-refractivity contribution in [3.63, 3.8) is 0 Å². The first-order chi connectivity index (χ1) is 21.1. The van der Waals surface area contributed by atoms with Crippen LogP contribution in [0.1, 0.15) is 19.1 Å². The lowest BCUT2D eigenvalue weighted by Gasteiger charge is -2.27. The van der Waals surface area contributed by atoms with Crippen LogP contribution in [-0.2, 0) is 51.2 Å². The highest BCUT2D eigenvalue weighted by Crippen LogP contribution is 2.53. The SMILES string of the molecule is COP(=S)(OCC1OC(n2cnc3c(=S)[nH]c(N)nc32)CC1O)OC1CC(Nc2nc(N)[nH]c(=S)c2N)OC1COP(O)(O)=S. The number of imidazole rings is 1. The van der Waals surface area contributed by atoms with Gasteiger partial charge in [-0.1, -0.05) is 24.4 Å². The van der Waals surface area contributed by atoms with Crippen LogP contribution in [0.4, 0.5) is 23.4 Å². The highest BCUT2D eigenvalue weighted by molar-refractivity contribution is 8.07. The summed E-state index contributed by atoms with van der Waals surface area (Å²) in [4.78, 5) is 37.2. The van der Waals surface area contributed by atoms with E-state index in [1.54, 1.807) is 4.57 Å². The molecular weight excluding hydrogens is 714 g/mol. The fraction of sp³-hybridized carbons (Fsp3) is 0.550. The van der Waals surface area contributed by atoms with Crippen molar-refractivity contribution in [3.05, 3.63) is 15.6 Å². The number of aromatic nitrogens is 6. The molecule has 2 saturated heterocycles. The minimum atomic E-state index is -4.03. The third kappa shape index (κ3) is 8.20. The van der Waals surface area contributed by atoms with Gasteiger partial charge in [-0.25, -0.2) is 4.98 Å². The molecule has 0 radical (unpaired) electrons. The van der Waals surface area contributed by atoms with Crippen molar-refractivity contribution in [1.29, 1.82) is 0 Å². The van der Waals surface area contributed by atoms with E-state index >= 15 is 0 Å². The molecule has 248 valence electrons. The summed E-state index contributed by atoms with van der Waals surface area (Å²) in [5.41, 5.74) is 18.5. The molecule has 19 nitrogen and oxygen atoms in total. The Morgan fingerprint density at radius 2 is 1.73 bits per heavy atom. The van der Waals surface area contributed by atoms with Gasteiger partial charge in [-0.15, -0.1) is 0 Å². The zero-order valence-electron chi connectivity index (χ0n) is 23.2. The second-order valence-corrected chi connectivity index (χ2v) is 16.4. The molecule has 0 spiro atoms. The molecule has 2 fully saturated rings. The second kappa shape index (κ2) is 13.7. The highest BCUT2D eigenvalue weighted by atomic mass is 32.5. The molecule has 3 aromatic rings. The van der Waals surface area contributed by atoms with Crippen molar-refractivity contribution >= 4 is 96.1 Å². The van der Waals surface area contributed by atoms with Crippen LogP contribution >= 0.6 is 37.9 Å². The summed E-state index contributed by atoms with van der Waals surface area (Å²) in [6.45, 7) is -8.10. The van der Waals surface area contributed by atoms with Crippen molar-refractivity contribution in [2.45, 2.75) is 49.7 Å². The molecule has 0 saturated carbocycles. The van der Waals surface area contributed by atoms with Gasteiger partial charge < -0.3 is 74.9 Å². The summed E-state index contributed by atoms with van der Waals surface area (Å²) in [5, 5.41) is 13.8. The van der Waals surface area contributed by atoms with Crippen LogP contribution in [0.3, 0.4) is 0 Å². The number of ether oxygens (including phenoxy) is 2. The van der Waals surface area contributed by atoms with Crippen molar-refractivity contribution in [3.8, 4) is 0 Å². The van der Waals surface area contributed by atoms with E-state index in [4.69, 9.17) is 81.0 Å². The quantitative estimate of drug-likeness (QED) is 0.0926. The first-order valence-electron chi connectivity index (χ1n) is 13.0. The minimum absolute atomic E-state index is 0.0238. The van der Waals surface area contributed by atoms with Crippen molar-refractivity contribution in [1.82, 2.24) is 29.5 Å². The smallest absolute Gasteiger partial charge is 0.327 e. The maximum absolute atomic E-state index is 10.8. The molecule has 7 atom stereocenters. The third-order valence-electron chi connectivity index (χ3n) is 6.73. The zero-order valence-corrected chi connectivity index (χ0v) is 28.3. The first kappa shape index (κ1) is 34.5. The average Bonchev–Trinajstić information content (AvgIpc) is 3.65. The number of fused-ring (bicyclic) bond motifs is 1. The third-order valence-corrected chi connectivity index (χ3v) is 10.6. The van der Waals surface area contributed by atoms with Crippen LogP contribution in [-0.4, -0.2) is 95.3 Å². The number of aliphatic hydroxyl groups is 1. The lowest BCUT2D eigenvalue weighted by atomic mass is 10.2. The number of hydrogen-bond donors (Lipinski definition) is 9. The monoisotopic (exact) mass is 744 g/mol.